The summed E-state index contributed by atoms with van der Waals surface area (Å²) in [6.07, 6.45) is 9.04. The molecule has 1 aromatic heterocycles. The minimum atomic E-state index is 0.0670. The highest BCUT2D eigenvalue weighted by Gasteiger charge is 2.11. The first-order valence-corrected chi connectivity index (χ1v) is 8.71. The summed E-state index contributed by atoms with van der Waals surface area (Å²) in [6, 6.07) is 4.63. The molecule has 1 saturated carbocycles. The molecular formula is C16H26N2OS. The maximum atomic E-state index is 12.0. The molecule has 112 valence electrons. The minimum Gasteiger partial charge on any atom is -0.350 e. The molecule has 0 bridgehead atoms. The van der Waals surface area contributed by atoms with E-state index in [1.807, 2.05) is 12.1 Å². The maximum Gasteiger partial charge on any atom is 0.261 e. The Kier molecular flexibility index (Phi) is 6.54. The first-order chi connectivity index (χ1) is 9.79. The van der Waals surface area contributed by atoms with Crippen LogP contribution in [-0.2, 0) is 6.42 Å². The van der Waals surface area contributed by atoms with Gasteiger partial charge in [-0.05, 0) is 31.4 Å². The zero-order valence-electron chi connectivity index (χ0n) is 12.4. The Hall–Kier alpha value is -0.870. The van der Waals surface area contributed by atoms with E-state index in [0.29, 0.717) is 12.6 Å². The molecule has 0 aromatic carbocycles. The van der Waals surface area contributed by atoms with Crippen molar-refractivity contribution in [3.8, 4) is 0 Å². The predicted molar refractivity (Wildman–Crippen MR) is 85.5 cm³/mol. The second kappa shape index (κ2) is 8.42. The summed E-state index contributed by atoms with van der Waals surface area (Å²) in [7, 11) is 0. The van der Waals surface area contributed by atoms with Gasteiger partial charge in [0, 0.05) is 24.0 Å². The van der Waals surface area contributed by atoms with Crippen molar-refractivity contribution in [3.63, 3.8) is 0 Å². The molecule has 3 nitrogen and oxygen atoms in total. The van der Waals surface area contributed by atoms with Gasteiger partial charge in [0.2, 0.25) is 0 Å². The average Bonchev–Trinajstić information content (AvgIpc) is 2.80. The number of carbonyl (C=O) groups is 1. The van der Waals surface area contributed by atoms with E-state index in [-0.39, 0.29) is 5.91 Å². The number of hydrogen-bond acceptors (Lipinski definition) is 3. The molecule has 4 heteroatoms. The molecule has 0 aliphatic heterocycles. The van der Waals surface area contributed by atoms with Crippen molar-refractivity contribution in [3.05, 3.63) is 21.9 Å². The first kappa shape index (κ1) is 15.5. The van der Waals surface area contributed by atoms with Crippen LogP contribution in [0.2, 0.25) is 0 Å². The number of nitrogens with one attached hydrogen (secondary N) is 2. The molecule has 1 aliphatic carbocycles. The lowest BCUT2D eigenvalue weighted by molar-refractivity contribution is 0.0957. The van der Waals surface area contributed by atoms with Crippen molar-refractivity contribution in [2.24, 2.45) is 0 Å². The summed E-state index contributed by atoms with van der Waals surface area (Å²) in [6.45, 7) is 3.71. The van der Waals surface area contributed by atoms with Gasteiger partial charge >= 0.3 is 0 Å². The van der Waals surface area contributed by atoms with Gasteiger partial charge in [0.15, 0.2) is 0 Å². The number of aryl methyl sites for hydroxylation is 1. The van der Waals surface area contributed by atoms with E-state index in [4.69, 9.17) is 0 Å². The Morgan fingerprint density at radius 2 is 1.95 bits per heavy atom. The molecule has 1 amide bonds. The van der Waals surface area contributed by atoms with E-state index in [2.05, 4.69) is 17.6 Å². The average molecular weight is 294 g/mol. The van der Waals surface area contributed by atoms with Crippen LogP contribution in [0.1, 0.15) is 60.0 Å². The summed E-state index contributed by atoms with van der Waals surface area (Å²) in [5.41, 5.74) is 0. The van der Waals surface area contributed by atoms with E-state index in [1.165, 1.54) is 43.4 Å². The second-order valence-electron chi connectivity index (χ2n) is 5.52. The van der Waals surface area contributed by atoms with Crippen LogP contribution in [-0.4, -0.2) is 25.0 Å². The Labute approximate surface area is 126 Å². The van der Waals surface area contributed by atoms with Gasteiger partial charge < -0.3 is 10.6 Å². The van der Waals surface area contributed by atoms with E-state index >= 15 is 0 Å². The number of hydrogen-bond donors (Lipinski definition) is 2. The summed E-state index contributed by atoms with van der Waals surface area (Å²) >= 11 is 1.60. The predicted octanol–water partition coefficient (Wildman–Crippen LogP) is 3.35. The van der Waals surface area contributed by atoms with Crippen LogP contribution in [0, 0.1) is 0 Å². The fourth-order valence-electron chi connectivity index (χ4n) is 2.71. The lowest BCUT2D eigenvalue weighted by Gasteiger charge is -2.16. The number of carbonyl (C=O) groups excluding carboxylic acids is 1. The van der Waals surface area contributed by atoms with Crippen LogP contribution >= 0.6 is 11.3 Å². The van der Waals surface area contributed by atoms with Crippen LogP contribution in [0.25, 0.3) is 0 Å². The molecule has 0 atom stereocenters. The first-order valence-electron chi connectivity index (χ1n) is 7.90. The monoisotopic (exact) mass is 294 g/mol. The lowest BCUT2D eigenvalue weighted by atomic mass is 10.1. The third kappa shape index (κ3) is 4.91. The zero-order chi connectivity index (χ0) is 14.2. The topological polar surface area (TPSA) is 41.1 Å². The van der Waals surface area contributed by atoms with Crippen LogP contribution in [0.4, 0.5) is 0 Å². The normalized spacial score (nSPS) is 16.9. The van der Waals surface area contributed by atoms with E-state index < -0.39 is 0 Å². The van der Waals surface area contributed by atoms with Gasteiger partial charge in [0.1, 0.15) is 0 Å². The quantitative estimate of drug-likeness (QED) is 0.624. The van der Waals surface area contributed by atoms with E-state index in [0.717, 1.165) is 17.8 Å². The number of rotatable bonds is 6. The highest BCUT2D eigenvalue weighted by atomic mass is 32.1. The minimum absolute atomic E-state index is 0.0670. The molecular weight excluding hydrogens is 268 g/mol. The molecule has 1 aliphatic rings. The Bertz CT molecular complexity index is 408. The van der Waals surface area contributed by atoms with Crippen LogP contribution in [0.5, 0.6) is 0 Å². The van der Waals surface area contributed by atoms with Gasteiger partial charge in [-0.15, -0.1) is 11.3 Å². The third-order valence-corrected chi connectivity index (χ3v) is 5.16. The summed E-state index contributed by atoms with van der Waals surface area (Å²) < 4.78 is 0. The zero-order valence-corrected chi connectivity index (χ0v) is 13.2. The smallest absolute Gasteiger partial charge is 0.261 e. The molecule has 2 rings (SSSR count). The van der Waals surface area contributed by atoms with E-state index in [9.17, 15) is 4.79 Å². The largest absolute Gasteiger partial charge is 0.350 e. The Morgan fingerprint density at radius 1 is 1.20 bits per heavy atom. The third-order valence-electron chi connectivity index (χ3n) is 3.93. The van der Waals surface area contributed by atoms with E-state index in [1.54, 1.807) is 11.3 Å². The van der Waals surface area contributed by atoms with Gasteiger partial charge in [-0.1, -0.05) is 32.6 Å². The van der Waals surface area contributed by atoms with Crippen molar-refractivity contribution >= 4 is 17.2 Å². The molecule has 0 radical (unpaired) electrons. The maximum absolute atomic E-state index is 12.0. The van der Waals surface area contributed by atoms with Crippen molar-refractivity contribution in [2.75, 3.05) is 13.1 Å². The number of amides is 1. The highest BCUT2D eigenvalue weighted by Crippen LogP contribution is 2.17. The molecule has 1 heterocycles. The number of thiophene rings is 1. The van der Waals surface area contributed by atoms with Gasteiger partial charge in [-0.2, -0.15) is 0 Å². The van der Waals surface area contributed by atoms with Gasteiger partial charge in [0.25, 0.3) is 5.91 Å². The van der Waals surface area contributed by atoms with Crippen molar-refractivity contribution in [1.82, 2.24) is 10.6 Å². The summed E-state index contributed by atoms with van der Waals surface area (Å²) in [4.78, 5) is 14.1. The van der Waals surface area contributed by atoms with Crippen LogP contribution in [0.15, 0.2) is 12.1 Å². The Balaban J connectivity index is 1.63. The van der Waals surface area contributed by atoms with Crippen LogP contribution in [0.3, 0.4) is 0 Å². The van der Waals surface area contributed by atoms with Gasteiger partial charge in [0.05, 0.1) is 4.88 Å². The standard InChI is InChI=1S/C16H26N2OS/c1-2-14-9-10-15(20-14)16(19)18-12-11-17-13-7-5-3-4-6-8-13/h9-10,13,17H,2-8,11-12H2,1H3,(H,18,19). The molecule has 20 heavy (non-hydrogen) atoms. The second-order valence-corrected chi connectivity index (χ2v) is 6.69. The molecule has 0 saturated heterocycles. The SMILES string of the molecule is CCc1ccc(C(=O)NCCNC2CCCCCC2)s1. The molecule has 2 N–H and O–H groups in total. The van der Waals surface area contributed by atoms with Crippen molar-refractivity contribution in [1.29, 1.82) is 0 Å². The van der Waals surface area contributed by atoms with Crippen molar-refractivity contribution < 1.29 is 4.79 Å². The Morgan fingerprint density at radius 3 is 2.60 bits per heavy atom. The highest BCUT2D eigenvalue weighted by molar-refractivity contribution is 7.14. The molecule has 0 spiro atoms. The fraction of sp³-hybridized carbons (Fsp3) is 0.688. The van der Waals surface area contributed by atoms with Crippen molar-refractivity contribution in [2.45, 2.75) is 57.9 Å². The van der Waals surface area contributed by atoms with Gasteiger partial charge in [-0.25, -0.2) is 0 Å². The fourth-order valence-corrected chi connectivity index (χ4v) is 3.58. The summed E-state index contributed by atoms with van der Waals surface area (Å²) in [5.74, 6) is 0.0670. The lowest BCUT2D eigenvalue weighted by Crippen LogP contribution is -2.36. The molecule has 1 aromatic rings. The summed E-state index contributed by atoms with van der Waals surface area (Å²) in [5, 5.41) is 6.57. The molecule has 0 unspecified atom stereocenters. The molecule has 1 fully saturated rings. The van der Waals surface area contributed by atoms with Crippen LogP contribution < -0.4 is 10.6 Å². The van der Waals surface area contributed by atoms with Gasteiger partial charge in [-0.3, -0.25) is 4.79 Å².